The monoisotopic (exact) mass is 255 g/mol. The fourth-order valence-electron chi connectivity index (χ4n) is 1.94. The van der Waals surface area contributed by atoms with Gasteiger partial charge >= 0.3 is 0 Å². The van der Waals surface area contributed by atoms with Crippen LogP contribution in [0.5, 0.6) is 0 Å². The van der Waals surface area contributed by atoms with Gasteiger partial charge < -0.3 is 4.90 Å². The molecular weight excluding hydrogens is 242 g/mol. The Balaban J connectivity index is 2.11. The van der Waals surface area contributed by atoms with Crippen LogP contribution < -0.4 is 4.90 Å². The molecule has 0 aliphatic rings. The number of hydrogen-bond donors (Lipinski definition) is 0. The maximum Gasteiger partial charge on any atom is 0.0804 e. The van der Waals surface area contributed by atoms with E-state index in [-0.39, 0.29) is 0 Å². The zero-order valence-corrected chi connectivity index (χ0v) is 11.1. The van der Waals surface area contributed by atoms with Crippen molar-refractivity contribution in [2.75, 3.05) is 19.0 Å². The summed E-state index contributed by atoms with van der Waals surface area (Å²) in [6.45, 7) is 0. The molecule has 0 N–H and O–H groups in total. The van der Waals surface area contributed by atoms with Gasteiger partial charge in [-0.3, -0.25) is 4.98 Å². The molecule has 90 valence electrons. The molecule has 0 saturated heterocycles. The van der Waals surface area contributed by atoms with Crippen LogP contribution in [-0.4, -0.2) is 23.5 Å². The van der Waals surface area contributed by atoms with Crippen molar-refractivity contribution < 1.29 is 0 Å². The van der Waals surface area contributed by atoms with E-state index < -0.39 is 0 Å². The van der Waals surface area contributed by atoms with Crippen molar-refractivity contribution in [3.8, 4) is 11.3 Å². The average Bonchev–Trinajstić information content (AvgIpc) is 2.87. The number of pyridine rings is 1. The molecule has 3 nitrogen and oxygen atoms in total. The highest BCUT2D eigenvalue weighted by atomic mass is 32.1. The van der Waals surface area contributed by atoms with Gasteiger partial charge in [0.2, 0.25) is 0 Å². The van der Waals surface area contributed by atoms with Gasteiger partial charge in [0.25, 0.3) is 0 Å². The van der Waals surface area contributed by atoms with Crippen molar-refractivity contribution in [3.63, 3.8) is 0 Å². The lowest BCUT2D eigenvalue weighted by Crippen LogP contribution is -2.07. The van der Waals surface area contributed by atoms with E-state index in [1.807, 2.05) is 32.6 Å². The first kappa shape index (κ1) is 11.2. The quantitative estimate of drug-likeness (QED) is 0.702. The Morgan fingerprint density at radius 2 is 1.83 bits per heavy atom. The van der Waals surface area contributed by atoms with Crippen molar-refractivity contribution in [3.05, 3.63) is 42.7 Å². The topological polar surface area (TPSA) is 29.0 Å². The number of hydrogen-bond acceptors (Lipinski definition) is 4. The van der Waals surface area contributed by atoms with E-state index in [0.29, 0.717) is 0 Å². The van der Waals surface area contributed by atoms with Gasteiger partial charge in [-0.15, -0.1) is 0 Å². The fraction of sp³-hybridized carbons (Fsp3) is 0.143. The van der Waals surface area contributed by atoms with E-state index in [9.17, 15) is 0 Å². The van der Waals surface area contributed by atoms with E-state index in [0.717, 1.165) is 16.6 Å². The SMILES string of the molecule is CN(C)c1ccc(-c2nccc3sncc23)cc1. The van der Waals surface area contributed by atoms with E-state index in [1.165, 1.54) is 21.9 Å². The summed E-state index contributed by atoms with van der Waals surface area (Å²) in [5, 5.41) is 1.13. The van der Waals surface area contributed by atoms with Crippen LogP contribution >= 0.6 is 11.5 Å². The van der Waals surface area contributed by atoms with Gasteiger partial charge in [-0.25, -0.2) is 0 Å². The molecule has 3 rings (SSSR count). The van der Waals surface area contributed by atoms with Crippen molar-refractivity contribution >= 4 is 27.3 Å². The summed E-state index contributed by atoms with van der Waals surface area (Å²) in [7, 11) is 4.08. The number of nitrogens with zero attached hydrogens (tertiary/aromatic N) is 3. The largest absolute Gasteiger partial charge is 0.378 e. The zero-order valence-electron chi connectivity index (χ0n) is 10.3. The van der Waals surface area contributed by atoms with Crippen LogP contribution in [0.15, 0.2) is 42.7 Å². The lowest BCUT2D eigenvalue weighted by atomic mass is 10.1. The predicted octanol–water partition coefficient (Wildman–Crippen LogP) is 3.42. The highest BCUT2D eigenvalue weighted by Gasteiger charge is 2.07. The van der Waals surface area contributed by atoms with Gasteiger partial charge in [0, 0.05) is 36.9 Å². The van der Waals surface area contributed by atoms with Gasteiger partial charge in [0.1, 0.15) is 0 Å². The second-order valence-electron chi connectivity index (χ2n) is 4.34. The lowest BCUT2D eigenvalue weighted by molar-refractivity contribution is 1.13. The molecule has 1 aromatic carbocycles. The van der Waals surface area contributed by atoms with E-state index in [1.54, 1.807) is 0 Å². The Morgan fingerprint density at radius 3 is 2.56 bits per heavy atom. The summed E-state index contributed by atoms with van der Waals surface area (Å²) < 4.78 is 5.40. The molecule has 0 fully saturated rings. The molecule has 0 aliphatic heterocycles. The standard InChI is InChI=1S/C14H13N3S/c1-17(2)11-5-3-10(4-6-11)14-12-9-16-18-13(12)7-8-15-14/h3-9H,1-2H3. The number of aromatic nitrogens is 2. The molecule has 0 atom stereocenters. The van der Waals surface area contributed by atoms with Crippen molar-refractivity contribution in [2.45, 2.75) is 0 Å². The molecule has 0 bridgehead atoms. The summed E-state index contributed by atoms with van der Waals surface area (Å²) in [5.41, 5.74) is 3.33. The first-order valence-corrected chi connectivity index (χ1v) is 6.50. The smallest absolute Gasteiger partial charge is 0.0804 e. The van der Waals surface area contributed by atoms with Crippen LogP contribution in [0.2, 0.25) is 0 Å². The summed E-state index contributed by atoms with van der Waals surface area (Å²) in [6.07, 6.45) is 3.73. The predicted molar refractivity (Wildman–Crippen MR) is 77.2 cm³/mol. The minimum Gasteiger partial charge on any atom is -0.378 e. The molecular formula is C14H13N3S. The second-order valence-corrected chi connectivity index (χ2v) is 5.17. The van der Waals surface area contributed by atoms with Crippen molar-refractivity contribution in [1.82, 2.24) is 9.36 Å². The summed E-state index contributed by atoms with van der Waals surface area (Å²) in [4.78, 5) is 6.56. The maximum absolute atomic E-state index is 4.48. The van der Waals surface area contributed by atoms with Crippen molar-refractivity contribution in [1.29, 1.82) is 0 Å². The van der Waals surface area contributed by atoms with Crippen molar-refractivity contribution in [2.24, 2.45) is 0 Å². The molecule has 0 unspecified atom stereocenters. The van der Waals surface area contributed by atoms with Gasteiger partial charge in [0.15, 0.2) is 0 Å². The molecule has 0 aliphatic carbocycles. The highest BCUT2D eigenvalue weighted by Crippen LogP contribution is 2.29. The van der Waals surface area contributed by atoms with E-state index in [2.05, 4.69) is 38.5 Å². The molecule has 18 heavy (non-hydrogen) atoms. The van der Waals surface area contributed by atoms with Crippen LogP contribution in [0.1, 0.15) is 0 Å². The highest BCUT2D eigenvalue weighted by molar-refractivity contribution is 7.13. The van der Waals surface area contributed by atoms with Gasteiger partial charge in [-0.1, -0.05) is 12.1 Å². The van der Waals surface area contributed by atoms with Crippen LogP contribution in [-0.2, 0) is 0 Å². The lowest BCUT2D eigenvalue weighted by Gasteiger charge is -2.12. The number of fused-ring (bicyclic) bond motifs is 1. The van der Waals surface area contributed by atoms with E-state index in [4.69, 9.17) is 0 Å². The average molecular weight is 255 g/mol. The Kier molecular flexibility index (Phi) is 2.72. The van der Waals surface area contributed by atoms with Gasteiger partial charge in [0.05, 0.1) is 16.6 Å². The van der Waals surface area contributed by atoms with Crippen LogP contribution in [0, 0.1) is 0 Å². The zero-order chi connectivity index (χ0) is 12.5. The molecule has 0 radical (unpaired) electrons. The number of rotatable bonds is 2. The summed E-state index contributed by atoms with van der Waals surface area (Å²) in [6, 6.07) is 10.4. The maximum atomic E-state index is 4.48. The molecule has 3 aromatic rings. The molecule has 2 heterocycles. The molecule has 0 spiro atoms. The fourth-order valence-corrected chi connectivity index (χ4v) is 2.58. The number of anilines is 1. The summed E-state index contributed by atoms with van der Waals surface area (Å²) >= 11 is 1.51. The minimum atomic E-state index is 1.01. The third kappa shape index (κ3) is 1.84. The molecule has 0 saturated carbocycles. The third-order valence-corrected chi connectivity index (χ3v) is 3.70. The number of benzene rings is 1. The second kappa shape index (κ2) is 4.38. The first-order chi connectivity index (χ1) is 8.75. The Labute approximate surface area is 110 Å². The minimum absolute atomic E-state index is 1.01. The van der Waals surface area contributed by atoms with Crippen LogP contribution in [0.3, 0.4) is 0 Å². The Hall–Kier alpha value is -1.94. The Bertz CT molecular complexity index is 671. The third-order valence-electron chi connectivity index (χ3n) is 2.94. The normalized spacial score (nSPS) is 10.8. The summed E-state index contributed by atoms with van der Waals surface area (Å²) in [5.74, 6) is 0. The van der Waals surface area contributed by atoms with Crippen LogP contribution in [0.25, 0.3) is 21.3 Å². The molecule has 4 heteroatoms. The van der Waals surface area contributed by atoms with Gasteiger partial charge in [-0.2, -0.15) is 4.37 Å². The van der Waals surface area contributed by atoms with E-state index >= 15 is 0 Å². The first-order valence-electron chi connectivity index (χ1n) is 5.73. The van der Waals surface area contributed by atoms with Gasteiger partial charge in [-0.05, 0) is 29.7 Å². The molecule has 2 aromatic heterocycles. The Morgan fingerprint density at radius 1 is 1.06 bits per heavy atom. The molecule has 0 amide bonds. The van der Waals surface area contributed by atoms with Crippen LogP contribution in [0.4, 0.5) is 5.69 Å².